The number of benzene rings is 2. The van der Waals surface area contributed by atoms with Crippen LogP contribution in [0.15, 0.2) is 60.0 Å². The minimum absolute atomic E-state index is 0.0256. The van der Waals surface area contributed by atoms with E-state index in [1.165, 1.54) is 18.4 Å². The van der Waals surface area contributed by atoms with Gasteiger partial charge in [0.15, 0.2) is 11.8 Å². The van der Waals surface area contributed by atoms with Gasteiger partial charge in [-0.25, -0.2) is 18.4 Å². The van der Waals surface area contributed by atoms with Crippen LogP contribution in [-0.2, 0) is 11.3 Å². The van der Waals surface area contributed by atoms with Crippen molar-refractivity contribution in [1.29, 1.82) is 0 Å². The third-order valence-electron chi connectivity index (χ3n) is 7.52. The Morgan fingerprint density at radius 1 is 1.09 bits per heavy atom. The topological polar surface area (TPSA) is 149 Å². The molecule has 53 heavy (non-hydrogen) atoms. The SMILES string of the molecule is CCC(C)(C)C.CCCn1ncc(-c2ccc(C(=O)N(C(N)=NC)[C@H](CNC)c3ccc(Cl)c(-n4ncnc4C(F)F)c3)cc2)n1.O=CCC(F)(F)F. The van der Waals surface area contributed by atoms with E-state index < -0.39 is 36.8 Å². The van der Waals surface area contributed by atoms with Gasteiger partial charge < -0.3 is 15.8 Å². The molecule has 4 rings (SSSR count). The van der Waals surface area contributed by atoms with Gasteiger partial charge in [0, 0.05) is 24.7 Å². The van der Waals surface area contributed by atoms with E-state index in [0.29, 0.717) is 28.8 Å². The van der Waals surface area contributed by atoms with Crippen molar-refractivity contribution in [3.8, 4) is 16.9 Å². The third-order valence-corrected chi connectivity index (χ3v) is 7.84. The number of carbonyl (C=O) groups excluding carboxylic acids is 2. The third kappa shape index (κ3) is 13.6. The van der Waals surface area contributed by atoms with Crippen LogP contribution >= 0.6 is 11.6 Å². The van der Waals surface area contributed by atoms with E-state index >= 15 is 0 Å². The summed E-state index contributed by atoms with van der Waals surface area (Å²) in [5, 5.41) is 15.9. The summed E-state index contributed by atoms with van der Waals surface area (Å²) in [7, 11) is 3.20. The van der Waals surface area contributed by atoms with Gasteiger partial charge in [0.2, 0.25) is 0 Å². The zero-order valence-electron chi connectivity index (χ0n) is 30.7. The number of amides is 1. The lowest BCUT2D eigenvalue weighted by molar-refractivity contribution is -0.144. The number of aryl methyl sites for hydroxylation is 1. The normalized spacial score (nSPS) is 12.4. The number of hydrogen-bond donors (Lipinski definition) is 2. The molecule has 0 spiro atoms. The molecule has 0 aliphatic carbocycles. The molecule has 12 nitrogen and oxygen atoms in total. The molecule has 0 bridgehead atoms. The van der Waals surface area contributed by atoms with Crippen LogP contribution in [0.4, 0.5) is 22.0 Å². The quantitative estimate of drug-likeness (QED) is 0.0692. The summed E-state index contributed by atoms with van der Waals surface area (Å²) in [6.45, 7) is 12.0. The number of halogens is 6. The number of nitrogens with one attached hydrogen (secondary N) is 1. The molecule has 2 aromatic carbocycles. The molecule has 0 unspecified atom stereocenters. The van der Waals surface area contributed by atoms with E-state index in [2.05, 4.69) is 58.3 Å². The van der Waals surface area contributed by atoms with Crippen molar-refractivity contribution >= 4 is 29.8 Å². The molecule has 0 saturated heterocycles. The monoisotopic (exact) mass is 768 g/mol. The van der Waals surface area contributed by atoms with Crippen LogP contribution in [0, 0.1) is 5.41 Å². The Kier molecular flexibility index (Phi) is 17.1. The predicted molar refractivity (Wildman–Crippen MR) is 194 cm³/mol. The zero-order chi connectivity index (χ0) is 39.9. The zero-order valence-corrected chi connectivity index (χ0v) is 31.5. The van der Waals surface area contributed by atoms with Crippen LogP contribution in [0.25, 0.3) is 16.9 Å². The first-order valence-electron chi connectivity index (χ1n) is 16.6. The van der Waals surface area contributed by atoms with Crippen LogP contribution in [0.3, 0.4) is 0 Å². The first-order valence-corrected chi connectivity index (χ1v) is 17.0. The number of hydrogen-bond acceptors (Lipinski definition) is 8. The van der Waals surface area contributed by atoms with E-state index in [4.69, 9.17) is 22.1 Å². The van der Waals surface area contributed by atoms with Crippen molar-refractivity contribution in [2.75, 3.05) is 20.6 Å². The maximum absolute atomic E-state index is 13.8. The lowest BCUT2D eigenvalue weighted by Gasteiger charge is -2.31. The highest BCUT2D eigenvalue weighted by Gasteiger charge is 2.30. The van der Waals surface area contributed by atoms with Gasteiger partial charge in [-0.1, -0.05) is 70.8 Å². The van der Waals surface area contributed by atoms with Crippen molar-refractivity contribution in [2.24, 2.45) is 16.1 Å². The number of nitrogens with zero attached hydrogens (tertiary/aromatic N) is 8. The van der Waals surface area contributed by atoms with E-state index in [9.17, 15) is 26.7 Å². The van der Waals surface area contributed by atoms with Crippen LogP contribution in [0.5, 0.6) is 0 Å². The highest BCUT2D eigenvalue weighted by Crippen LogP contribution is 2.31. The molecular weight excluding hydrogens is 723 g/mol. The summed E-state index contributed by atoms with van der Waals surface area (Å²) in [6.07, 6.45) is -3.80. The fourth-order valence-electron chi connectivity index (χ4n) is 4.30. The van der Waals surface area contributed by atoms with Crippen molar-refractivity contribution in [3.05, 3.63) is 77.0 Å². The standard InChI is InChI=1S/C26H29ClF2N10O.C6H14.C3H3F3O/c1-4-11-37-34-13-20(36-37)16-5-7-17(8-6-16)25(40)38(26(30)32-3)22(14-31-2)18-9-10-19(27)21(12-18)39-24(23(28)29)33-15-35-39;1-5-6(2,3)4;4-3(5,6)1-2-7/h5-10,12-13,15,22-23,31H,4,11,14H2,1-3H3,(H2,30,32);5H2,1-4H3;2H,1H2/t22-;;/m1../s1. The summed E-state index contributed by atoms with van der Waals surface area (Å²) in [5.41, 5.74) is 9.41. The van der Waals surface area contributed by atoms with Gasteiger partial charge in [0.1, 0.15) is 18.3 Å². The summed E-state index contributed by atoms with van der Waals surface area (Å²) in [4.78, 5) is 33.6. The van der Waals surface area contributed by atoms with Gasteiger partial charge in [0.05, 0.1) is 35.9 Å². The number of aldehydes is 1. The fourth-order valence-corrected chi connectivity index (χ4v) is 4.50. The average molecular weight is 769 g/mol. The molecule has 3 N–H and O–H groups in total. The molecular formula is C35H46ClF5N10O2. The Morgan fingerprint density at radius 2 is 1.74 bits per heavy atom. The molecule has 0 radical (unpaired) electrons. The van der Waals surface area contributed by atoms with Gasteiger partial charge in [-0.05, 0) is 48.7 Å². The lowest BCUT2D eigenvalue weighted by Crippen LogP contribution is -2.47. The molecule has 290 valence electrons. The number of aliphatic imine (C=N–C) groups is 1. The summed E-state index contributed by atoms with van der Waals surface area (Å²) in [6, 6.07) is 11.1. The predicted octanol–water partition coefficient (Wildman–Crippen LogP) is 7.45. The van der Waals surface area contributed by atoms with Gasteiger partial charge >= 0.3 is 6.18 Å². The van der Waals surface area contributed by atoms with E-state index in [1.807, 2.05) is 6.92 Å². The Morgan fingerprint density at radius 3 is 2.23 bits per heavy atom. The molecule has 2 heterocycles. The Bertz CT molecular complexity index is 1770. The maximum atomic E-state index is 13.8. The summed E-state index contributed by atoms with van der Waals surface area (Å²) in [5.74, 6) is -0.987. The first kappa shape index (κ1) is 44.4. The molecule has 1 atom stereocenters. The van der Waals surface area contributed by atoms with Crippen molar-refractivity contribution < 1.29 is 31.5 Å². The number of guanidine groups is 1. The molecule has 2 aromatic heterocycles. The van der Waals surface area contributed by atoms with Crippen molar-refractivity contribution in [1.82, 2.24) is 40.0 Å². The van der Waals surface area contributed by atoms with Crippen LogP contribution < -0.4 is 11.1 Å². The minimum Gasteiger partial charge on any atom is -0.369 e. The van der Waals surface area contributed by atoms with Gasteiger partial charge in [-0.3, -0.25) is 14.7 Å². The summed E-state index contributed by atoms with van der Waals surface area (Å²) >= 11 is 6.37. The second kappa shape index (κ2) is 20.5. The van der Waals surface area contributed by atoms with E-state index in [0.717, 1.165) is 23.0 Å². The molecule has 0 aliphatic rings. The number of alkyl halides is 5. The summed E-state index contributed by atoms with van der Waals surface area (Å²) < 4.78 is 60.5. The van der Waals surface area contributed by atoms with Gasteiger partial charge in [-0.15, -0.1) is 0 Å². The average Bonchev–Trinajstić information content (AvgIpc) is 3.79. The molecule has 18 heteroatoms. The van der Waals surface area contributed by atoms with Crippen molar-refractivity contribution in [3.63, 3.8) is 0 Å². The number of carbonyl (C=O) groups is 2. The van der Waals surface area contributed by atoms with E-state index in [1.54, 1.807) is 60.5 Å². The fraction of sp³-hybridized carbons (Fsp3) is 0.457. The first-order chi connectivity index (χ1) is 24.9. The van der Waals surface area contributed by atoms with Gasteiger partial charge in [-0.2, -0.15) is 33.3 Å². The maximum Gasteiger partial charge on any atom is 0.395 e. The highest BCUT2D eigenvalue weighted by atomic mass is 35.5. The number of aromatic nitrogens is 6. The van der Waals surface area contributed by atoms with Crippen molar-refractivity contribution in [2.45, 2.75) is 79.1 Å². The number of likely N-dealkylation sites (N-methyl/N-ethyl adjacent to an activating group) is 1. The minimum atomic E-state index is -4.32. The smallest absolute Gasteiger partial charge is 0.369 e. The Hall–Kier alpha value is -4.77. The van der Waals surface area contributed by atoms with Crippen LogP contribution in [0.1, 0.15) is 88.1 Å². The van der Waals surface area contributed by atoms with Crippen LogP contribution in [0.2, 0.25) is 5.02 Å². The van der Waals surface area contributed by atoms with Crippen LogP contribution in [-0.4, -0.2) is 79.6 Å². The number of nitrogens with two attached hydrogens (primary N) is 1. The molecule has 0 saturated carbocycles. The Labute approximate surface area is 310 Å². The van der Waals surface area contributed by atoms with E-state index in [-0.39, 0.29) is 29.5 Å². The largest absolute Gasteiger partial charge is 0.395 e. The second-order valence-electron chi connectivity index (χ2n) is 12.7. The van der Waals surface area contributed by atoms with Gasteiger partial charge in [0.25, 0.3) is 12.3 Å². The lowest BCUT2D eigenvalue weighted by atomic mass is 9.94. The second-order valence-corrected chi connectivity index (χ2v) is 13.1. The molecule has 0 aliphatic heterocycles. The number of rotatable bonds is 11. The molecule has 4 aromatic rings. The highest BCUT2D eigenvalue weighted by molar-refractivity contribution is 6.32. The molecule has 0 fully saturated rings. The Balaban J connectivity index is 0.000000638. The molecule has 1 amide bonds.